The molecule has 0 unspecified atom stereocenters. The maximum Gasteiger partial charge on any atom is 0.327 e. The standard InChI is InChI=1S/C11H19N3O5/c1-13-8-10(17)14(11(13)18)7-9(16)12-3-2-5-19-6-4-15/h15H,2-8H2,1H3,(H,12,16). The third-order valence-electron chi connectivity index (χ3n) is 2.56. The lowest BCUT2D eigenvalue weighted by molar-refractivity contribution is -0.130. The largest absolute Gasteiger partial charge is 0.394 e. The normalized spacial score (nSPS) is 15.3. The summed E-state index contributed by atoms with van der Waals surface area (Å²) in [6.45, 7) is 0.845. The molecule has 8 heteroatoms. The van der Waals surface area contributed by atoms with E-state index in [1.165, 1.54) is 11.9 Å². The minimum absolute atomic E-state index is 0.0150. The fraction of sp³-hybridized carbons (Fsp3) is 0.727. The molecule has 0 radical (unpaired) electrons. The fourth-order valence-electron chi connectivity index (χ4n) is 1.59. The first-order valence-corrected chi connectivity index (χ1v) is 6.07. The van der Waals surface area contributed by atoms with Crippen molar-refractivity contribution in [2.24, 2.45) is 0 Å². The molecule has 0 atom stereocenters. The van der Waals surface area contributed by atoms with Crippen LogP contribution in [0.5, 0.6) is 0 Å². The minimum atomic E-state index is -0.452. The molecule has 0 aliphatic carbocycles. The molecule has 0 saturated carbocycles. The number of urea groups is 1. The van der Waals surface area contributed by atoms with Crippen molar-refractivity contribution in [1.82, 2.24) is 15.1 Å². The summed E-state index contributed by atoms with van der Waals surface area (Å²) in [4.78, 5) is 36.6. The van der Waals surface area contributed by atoms with Gasteiger partial charge in [0.2, 0.25) is 5.91 Å². The van der Waals surface area contributed by atoms with E-state index in [-0.39, 0.29) is 38.1 Å². The third-order valence-corrected chi connectivity index (χ3v) is 2.56. The van der Waals surface area contributed by atoms with Gasteiger partial charge in [-0.3, -0.25) is 14.5 Å². The molecule has 1 saturated heterocycles. The van der Waals surface area contributed by atoms with E-state index in [2.05, 4.69) is 5.32 Å². The Morgan fingerprint density at radius 1 is 1.42 bits per heavy atom. The average Bonchev–Trinajstić information content (AvgIpc) is 2.60. The lowest BCUT2D eigenvalue weighted by Crippen LogP contribution is -2.41. The number of carbonyl (C=O) groups is 3. The zero-order valence-electron chi connectivity index (χ0n) is 10.9. The van der Waals surface area contributed by atoms with Gasteiger partial charge in [0, 0.05) is 20.2 Å². The van der Waals surface area contributed by atoms with Crippen LogP contribution in [0, 0.1) is 0 Å². The number of hydrogen-bond donors (Lipinski definition) is 2. The van der Waals surface area contributed by atoms with E-state index in [0.29, 0.717) is 19.6 Å². The Morgan fingerprint density at radius 2 is 2.16 bits per heavy atom. The lowest BCUT2D eigenvalue weighted by atomic mass is 10.4. The third kappa shape index (κ3) is 4.84. The van der Waals surface area contributed by atoms with Crippen LogP contribution < -0.4 is 5.32 Å². The molecule has 19 heavy (non-hydrogen) atoms. The Morgan fingerprint density at radius 3 is 2.74 bits per heavy atom. The van der Waals surface area contributed by atoms with Crippen LogP contribution in [0.25, 0.3) is 0 Å². The average molecular weight is 273 g/mol. The van der Waals surface area contributed by atoms with Crippen molar-refractivity contribution in [1.29, 1.82) is 0 Å². The first-order valence-electron chi connectivity index (χ1n) is 6.07. The molecule has 0 aromatic heterocycles. The number of likely N-dealkylation sites (N-methyl/N-ethyl adjacent to an activating group) is 1. The summed E-state index contributed by atoms with van der Waals surface area (Å²) in [6.07, 6.45) is 0.605. The topological polar surface area (TPSA) is 99.2 Å². The molecule has 1 aliphatic rings. The second-order valence-corrected chi connectivity index (χ2v) is 4.16. The molecule has 2 N–H and O–H groups in total. The molecule has 0 bridgehead atoms. The molecule has 1 rings (SSSR count). The van der Waals surface area contributed by atoms with Gasteiger partial charge in [-0.15, -0.1) is 0 Å². The second-order valence-electron chi connectivity index (χ2n) is 4.16. The number of carbonyl (C=O) groups excluding carboxylic acids is 3. The molecular formula is C11H19N3O5. The van der Waals surface area contributed by atoms with Gasteiger partial charge in [0.25, 0.3) is 5.91 Å². The first kappa shape index (κ1) is 15.4. The highest BCUT2D eigenvalue weighted by atomic mass is 16.5. The first-order chi connectivity index (χ1) is 9.06. The number of ether oxygens (including phenoxy) is 1. The monoisotopic (exact) mass is 273 g/mol. The number of nitrogens with zero attached hydrogens (tertiary/aromatic N) is 2. The van der Waals surface area contributed by atoms with Gasteiger partial charge in [-0.05, 0) is 6.42 Å². The van der Waals surface area contributed by atoms with Crippen LogP contribution in [0.1, 0.15) is 6.42 Å². The number of imide groups is 1. The summed E-state index contributed by atoms with van der Waals surface area (Å²) < 4.78 is 5.02. The Balaban J connectivity index is 2.17. The van der Waals surface area contributed by atoms with E-state index < -0.39 is 6.03 Å². The number of rotatable bonds is 8. The quantitative estimate of drug-likeness (QED) is 0.410. The van der Waals surface area contributed by atoms with Crippen molar-refractivity contribution in [2.45, 2.75) is 6.42 Å². The zero-order valence-corrected chi connectivity index (χ0v) is 10.9. The van der Waals surface area contributed by atoms with Crippen LogP contribution in [0.4, 0.5) is 4.79 Å². The lowest BCUT2D eigenvalue weighted by Gasteiger charge is -2.13. The molecule has 108 valence electrons. The Hall–Kier alpha value is -1.67. The second kappa shape index (κ2) is 7.70. The molecule has 1 aliphatic heterocycles. The van der Waals surface area contributed by atoms with Gasteiger partial charge < -0.3 is 20.1 Å². The van der Waals surface area contributed by atoms with Crippen LogP contribution in [-0.2, 0) is 14.3 Å². The molecule has 8 nitrogen and oxygen atoms in total. The summed E-state index contributed by atoms with van der Waals surface area (Å²) in [5.41, 5.74) is 0. The minimum Gasteiger partial charge on any atom is -0.394 e. The van der Waals surface area contributed by atoms with Crippen LogP contribution in [0.2, 0.25) is 0 Å². The van der Waals surface area contributed by atoms with Crippen LogP contribution in [0.15, 0.2) is 0 Å². The molecular weight excluding hydrogens is 254 g/mol. The van der Waals surface area contributed by atoms with Gasteiger partial charge in [0.15, 0.2) is 0 Å². The van der Waals surface area contributed by atoms with Gasteiger partial charge >= 0.3 is 6.03 Å². The Bertz CT molecular complexity index is 347. The van der Waals surface area contributed by atoms with Gasteiger partial charge in [0.05, 0.1) is 13.2 Å². The van der Waals surface area contributed by atoms with Crippen LogP contribution in [-0.4, -0.2) is 79.3 Å². The number of aliphatic hydroxyl groups excluding tert-OH is 1. The summed E-state index contributed by atoms with van der Waals surface area (Å²) >= 11 is 0. The summed E-state index contributed by atoms with van der Waals surface area (Å²) in [6, 6.07) is -0.452. The van der Waals surface area contributed by atoms with E-state index in [1.807, 2.05) is 0 Å². The van der Waals surface area contributed by atoms with Gasteiger partial charge in [-0.25, -0.2) is 4.79 Å². The van der Waals surface area contributed by atoms with Crippen molar-refractivity contribution in [3.63, 3.8) is 0 Å². The predicted octanol–water partition coefficient (Wildman–Crippen LogP) is -1.60. The molecule has 0 aromatic rings. The van der Waals surface area contributed by atoms with Crippen molar-refractivity contribution in [3.8, 4) is 0 Å². The van der Waals surface area contributed by atoms with E-state index in [9.17, 15) is 14.4 Å². The zero-order chi connectivity index (χ0) is 14.3. The SMILES string of the molecule is CN1CC(=O)N(CC(=O)NCCCOCCO)C1=O. The van der Waals surface area contributed by atoms with E-state index in [0.717, 1.165) is 4.90 Å². The van der Waals surface area contributed by atoms with Gasteiger partial charge in [0.1, 0.15) is 13.1 Å². The number of hydrogen-bond acceptors (Lipinski definition) is 5. The number of nitrogens with one attached hydrogen (secondary N) is 1. The molecule has 0 spiro atoms. The number of aliphatic hydroxyl groups is 1. The molecule has 1 heterocycles. The molecule has 1 fully saturated rings. The van der Waals surface area contributed by atoms with Crippen LogP contribution >= 0.6 is 0 Å². The van der Waals surface area contributed by atoms with E-state index in [1.54, 1.807) is 0 Å². The highest BCUT2D eigenvalue weighted by Gasteiger charge is 2.34. The predicted molar refractivity (Wildman–Crippen MR) is 65.3 cm³/mol. The van der Waals surface area contributed by atoms with Crippen molar-refractivity contribution >= 4 is 17.8 Å². The number of amides is 4. The fourth-order valence-corrected chi connectivity index (χ4v) is 1.59. The van der Waals surface area contributed by atoms with E-state index in [4.69, 9.17) is 9.84 Å². The summed E-state index contributed by atoms with van der Waals surface area (Å²) in [7, 11) is 1.51. The highest BCUT2D eigenvalue weighted by Crippen LogP contribution is 2.06. The smallest absolute Gasteiger partial charge is 0.327 e. The Kier molecular flexibility index (Phi) is 6.23. The highest BCUT2D eigenvalue weighted by molar-refractivity contribution is 6.04. The van der Waals surface area contributed by atoms with Gasteiger partial charge in [-0.2, -0.15) is 0 Å². The van der Waals surface area contributed by atoms with E-state index >= 15 is 0 Å². The van der Waals surface area contributed by atoms with Crippen molar-refractivity contribution in [3.05, 3.63) is 0 Å². The maximum atomic E-state index is 11.5. The summed E-state index contributed by atoms with van der Waals surface area (Å²) in [5.74, 6) is -0.743. The van der Waals surface area contributed by atoms with Crippen LogP contribution in [0.3, 0.4) is 0 Å². The summed E-state index contributed by atoms with van der Waals surface area (Å²) in [5, 5.41) is 11.1. The van der Waals surface area contributed by atoms with Gasteiger partial charge in [-0.1, -0.05) is 0 Å². The van der Waals surface area contributed by atoms with Crippen molar-refractivity contribution < 1.29 is 24.2 Å². The van der Waals surface area contributed by atoms with Crippen molar-refractivity contribution in [2.75, 3.05) is 46.5 Å². The Labute approximate surface area is 111 Å². The maximum absolute atomic E-state index is 11.5. The molecule has 4 amide bonds. The molecule has 0 aromatic carbocycles.